The second-order valence-corrected chi connectivity index (χ2v) is 6.02. The van der Waals surface area contributed by atoms with Crippen molar-refractivity contribution in [2.45, 2.75) is 19.3 Å². The van der Waals surface area contributed by atoms with E-state index in [0.29, 0.717) is 36.1 Å². The summed E-state index contributed by atoms with van der Waals surface area (Å²) in [6.45, 7) is 0.731. The van der Waals surface area contributed by atoms with Crippen molar-refractivity contribution in [2.24, 2.45) is 4.99 Å². The van der Waals surface area contributed by atoms with Gasteiger partial charge in [-0.25, -0.2) is 0 Å². The lowest BCUT2D eigenvalue weighted by molar-refractivity contribution is -0.137. The van der Waals surface area contributed by atoms with Gasteiger partial charge in [-0.15, -0.1) is 0 Å². The van der Waals surface area contributed by atoms with Gasteiger partial charge in [0.2, 0.25) is 0 Å². The van der Waals surface area contributed by atoms with Crippen LogP contribution in [0.15, 0.2) is 70.2 Å². The molecule has 0 saturated heterocycles. The minimum Gasteiger partial charge on any atom is -0.356 e. The maximum absolute atomic E-state index is 12.6. The van der Waals surface area contributed by atoms with Crippen LogP contribution in [0.5, 0.6) is 0 Å². The first-order chi connectivity index (χ1) is 13.5. The van der Waals surface area contributed by atoms with Crippen molar-refractivity contribution in [2.75, 3.05) is 7.05 Å². The molecule has 0 unspecified atom stereocenters. The zero-order chi connectivity index (χ0) is 20.0. The van der Waals surface area contributed by atoms with Crippen LogP contribution in [0.3, 0.4) is 0 Å². The number of hydrogen-bond donors (Lipinski definition) is 2. The summed E-state index contributed by atoms with van der Waals surface area (Å²) >= 11 is 0. The molecule has 8 heteroatoms. The number of guanidine groups is 1. The first kappa shape index (κ1) is 19.5. The average Bonchev–Trinajstić information content (AvgIpc) is 3.17. The molecule has 2 aromatic carbocycles. The van der Waals surface area contributed by atoms with Gasteiger partial charge in [0.25, 0.3) is 0 Å². The molecule has 0 aliphatic rings. The zero-order valence-corrected chi connectivity index (χ0v) is 15.1. The van der Waals surface area contributed by atoms with Gasteiger partial charge in [-0.1, -0.05) is 47.6 Å². The van der Waals surface area contributed by atoms with Crippen molar-refractivity contribution in [3.63, 3.8) is 0 Å². The maximum atomic E-state index is 12.6. The molecule has 1 aromatic heterocycles. The molecule has 0 atom stereocenters. The summed E-state index contributed by atoms with van der Waals surface area (Å²) < 4.78 is 43.1. The maximum Gasteiger partial charge on any atom is 0.416 e. The van der Waals surface area contributed by atoms with Crippen LogP contribution >= 0.6 is 0 Å². The van der Waals surface area contributed by atoms with Gasteiger partial charge in [0, 0.05) is 25.2 Å². The highest BCUT2D eigenvalue weighted by molar-refractivity contribution is 5.79. The molecular weight excluding hydrogens is 369 g/mol. The Labute approximate surface area is 160 Å². The quantitative estimate of drug-likeness (QED) is 0.507. The number of benzene rings is 2. The van der Waals surface area contributed by atoms with Gasteiger partial charge < -0.3 is 15.2 Å². The lowest BCUT2D eigenvalue weighted by atomic mass is 10.1. The number of nitrogens with zero attached hydrogens (tertiary/aromatic N) is 2. The van der Waals surface area contributed by atoms with Gasteiger partial charge in [0.1, 0.15) is 5.69 Å². The van der Waals surface area contributed by atoms with Gasteiger partial charge in [0.15, 0.2) is 11.7 Å². The van der Waals surface area contributed by atoms with Crippen LogP contribution in [0.4, 0.5) is 13.2 Å². The molecule has 3 rings (SSSR count). The summed E-state index contributed by atoms with van der Waals surface area (Å²) in [6.07, 6.45) is -4.33. The molecule has 0 radical (unpaired) electrons. The molecule has 5 nitrogen and oxygen atoms in total. The molecule has 0 bridgehead atoms. The highest BCUT2D eigenvalue weighted by atomic mass is 19.4. The van der Waals surface area contributed by atoms with Crippen molar-refractivity contribution >= 4 is 5.96 Å². The normalized spacial score (nSPS) is 12.1. The summed E-state index contributed by atoms with van der Waals surface area (Å²) in [7, 11) is 1.61. The highest BCUT2D eigenvalue weighted by Gasteiger charge is 2.29. The predicted molar refractivity (Wildman–Crippen MR) is 100 cm³/mol. The Morgan fingerprint density at radius 1 is 1.00 bits per heavy atom. The highest BCUT2D eigenvalue weighted by Crippen LogP contribution is 2.29. The minimum absolute atomic E-state index is 0.339. The number of alkyl halides is 3. The summed E-state index contributed by atoms with van der Waals surface area (Å²) in [5, 5.41) is 10.2. The first-order valence-electron chi connectivity index (χ1n) is 8.57. The molecule has 0 fully saturated rings. The Morgan fingerprint density at radius 2 is 1.68 bits per heavy atom. The van der Waals surface area contributed by atoms with Crippen LogP contribution in [0.2, 0.25) is 0 Å². The fourth-order valence-corrected chi connectivity index (χ4v) is 2.53. The first-order valence-corrected chi connectivity index (χ1v) is 8.57. The van der Waals surface area contributed by atoms with Gasteiger partial charge in [-0.2, -0.15) is 13.2 Å². The van der Waals surface area contributed by atoms with E-state index in [1.807, 2.05) is 36.4 Å². The van der Waals surface area contributed by atoms with Gasteiger partial charge >= 0.3 is 6.18 Å². The van der Waals surface area contributed by atoms with Gasteiger partial charge in [-0.3, -0.25) is 4.99 Å². The summed E-state index contributed by atoms with van der Waals surface area (Å²) in [5.74, 6) is 1.18. The van der Waals surface area contributed by atoms with Crippen LogP contribution in [0.25, 0.3) is 11.3 Å². The van der Waals surface area contributed by atoms with Crippen LogP contribution in [0, 0.1) is 0 Å². The fraction of sp³-hybridized carbons (Fsp3) is 0.200. The van der Waals surface area contributed by atoms with Crippen LogP contribution in [-0.2, 0) is 19.3 Å². The smallest absolute Gasteiger partial charge is 0.356 e. The van der Waals surface area contributed by atoms with Crippen LogP contribution < -0.4 is 10.6 Å². The molecule has 1 heterocycles. The number of aliphatic imine (C=N–C) groups is 1. The number of nitrogens with one attached hydrogen (secondary N) is 2. The van der Waals surface area contributed by atoms with Crippen molar-refractivity contribution in [3.8, 4) is 11.3 Å². The third kappa shape index (κ3) is 5.12. The molecule has 28 heavy (non-hydrogen) atoms. The van der Waals surface area contributed by atoms with Crippen molar-refractivity contribution in [1.29, 1.82) is 0 Å². The summed E-state index contributed by atoms with van der Waals surface area (Å²) in [6, 6.07) is 16.5. The number of aromatic nitrogens is 1. The lowest BCUT2D eigenvalue weighted by Crippen LogP contribution is -2.36. The van der Waals surface area contributed by atoms with Crippen LogP contribution in [0.1, 0.15) is 16.8 Å². The molecule has 0 amide bonds. The Bertz CT molecular complexity index is 919. The van der Waals surface area contributed by atoms with E-state index in [4.69, 9.17) is 4.52 Å². The predicted octanol–water partition coefficient (Wildman–Crippen LogP) is 4.23. The third-order valence-electron chi connectivity index (χ3n) is 4.02. The van der Waals surface area contributed by atoms with Crippen molar-refractivity contribution < 1.29 is 17.7 Å². The standard InChI is InChI=1S/C20H19F3N4O/c1-24-19(25-12-14-7-9-16(10-8-14)20(21,22)23)26-13-17-11-18(28-27-17)15-5-3-2-4-6-15/h2-11H,12-13H2,1H3,(H2,24,25,26). The second-order valence-electron chi connectivity index (χ2n) is 6.02. The molecule has 0 spiro atoms. The van der Waals surface area contributed by atoms with Gasteiger partial charge in [0.05, 0.1) is 12.1 Å². The number of halogens is 3. The number of rotatable bonds is 5. The second kappa shape index (κ2) is 8.60. The van der Waals surface area contributed by atoms with Crippen molar-refractivity contribution in [1.82, 2.24) is 15.8 Å². The molecule has 3 aromatic rings. The Kier molecular flexibility index (Phi) is 5.98. The Morgan fingerprint density at radius 3 is 2.32 bits per heavy atom. The van der Waals surface area contributed by atoms with E-state index in [1.165, 1.54) is 12.1 Å². The van der Waals surface area contributed by atoms with E-state index < -0.39 is 11.7 Å². The number of hydrogen-bond acceptors (Lipinski definition) is 3. The molecule has 0 aliphatic heterocycles. The topological polar surface area (TPSA) is 62.5 Å². The zero-order valence-electron chi connectivity index (χ0n) is 15.1. The van der Waals surface area contributed by atoms with Gasteiger partial charge in [-0.05, 0) is 17.7 Å². The molecule has 2 N–H and O–H groups in total. The largest absolute Gasteiger partial charge is 0.416 e. The summed E-state index contributed by atoms with van der Waals surface area (Å²) in [5.41, 5.74) is 1.69. The minimum atomic E-state index is -4.33. The lowest BCUT2D eigenvalue weighted by Gasteiger charge is -2.12. The van der Waals surface area contributed by atoms with E-state index in [9.17, 15) is 13.2 Å². The van der Waals surface area contributed by atoms with E-state index in [-0.39, 0.29) is 0 Å². The monoisotopic (exact) mass is 388 g/mol. The average molecular weight is 388 g/mol. The van der Waals surface area contributed by atoms with E-state index >= 15 is 0 Å². The fourth-order valence-electron chi connectivity index (χ4n) is 2.53. The third-order valence-corrected chi connectivity index (χ3v) is 4.02. The molecular formula is C20H19F3N4O. The van der Waals surface area contributed by atoms with E-state index in [2.05, 4.69) is 20.8 Å². The SMILES string of the molecule is CN=C(NCc1ccc(C(F)(F)F)cc1)NCc1cc(-c2ccccc2)on1. The summed E-state index contributed by atoms with van der Waals surface area (Å²) in [4.78, 5) is 4.10. The van der Waals surface area contributed by atoms with Crippen molar-refractivity contribution in [3.05, 3.63) is 77.5 Å². The Hall–Kier alpha value is -3.29. The molecule has 0 saturated carbocycles. The Balaban J connectivity index is 1.52. The molecule has 0 aliphatic carbocycles. The van der Waals surface area contributed by atoms with E-state index in [0.717, 1.165) is 17.7 Å². The molecule has 146 valence electrons. The van der Waals surface area contributed by atoms with E-state index in [1.54, 1.807) is 7.05 Å². The van der Waals surface area contributed by atoms with Crippen LogP contribution in [-0.4, -0.2) is 18.2 Å².